The Morgan fingerprint density at radius 3 is 2.28 bits per heavy atom. The van der Waals surface area contributed by atoms with Gasteiger partial charge in [0, 0.05) is 11.1 Å². The van der Waals surface area contributed by atoms with Crippen molar-refractivity contribution >= 4 is 23.2 Å². The number of benzene rings is 1. The topological polar surface area (TPSA) is 41.1 Å². The summed E-state index contributed by atoms with van der Waals surface area (Å²) in [4.78, 5) is 12.0. The van der Waals surface area contributed by atoms with Crippen LogP contribution in [0.1, 0.15) is 42.3 Å². The van der Waals surface area contributed by atoms with Gasteiger partial charge in [-0.05, 0) is 70.1 Å². The molecule has 0 atom stereocenters. The van der Waals surface area contributed by atoms with Gasteiger partial charge in [0.05, 0.1) is 0 Å². The smallest absolute Gasteiger partial charge is 0.257 e. The highest BCUT2D eigenvalue weighted by atomic mass is 32.1. The zero-order chi connectivity index (χ0) is 13.9. The summed E-state index contributed by atoms with van der Waals surface area (Å²) in [7, 11) is 0. The average molecular weight is 264 g/mol. The molecular weight excluding hydrogens is 244 g/mol. The van der Waals surface area contributed by atoms with E-state index in [4.69, 9.17) is 12.2 Å². The largest absolute Gasteiger partial charge is 0.358 e. The molecule has 0 radical (unpaired) electrons. The van der Waals surface area contributed by atoms with E-state index in [1.54, 1.807) is 6.07 Å². The fraction of sp³-hybridized carbons (Fsp3) is 0.429. The van der Waals surface area contributed by atoms with Crippen molar-refractivity contribution in [2.24, 2.45) is 0 Å². The minimum absolute atomic E-state index is 0.159. The molecule has 0 spiro atoms. The highest BCUT2D eigenvalue weighted by Crippen LogP contribution is 2.09. The van der Waals surface area contributed by atoms with Crippen LogP contribution >= 0.6 is 12.2 Å². The molecular formula is C14H20N2OS. The Bertz CT molecular complexity index is 475. The van der Waals surface area contributed by atoms with Gasteiger partial charge < -0.3 is 5.32 Å². The molecule has 1 aromatic carbocycles. The molecule has 0 aromatic heterocycles. The lowest BCUT2D eigenvalue weighted by molar-refractivity contribution is 0.0976. The highest BCUT2D eigenvalue weighted by molar-refractivity contribution is 7.80. The molecule has 1 aromatic rings. The fourth-order valence-corrected chi connectivity index (χ4v) is 1.83. The van der Waals surface area contributed by atoms with Gasteiger partial charge in [-0.25, -0.2) is 0 Å². The molecule has 0 bridgehead atoms. The molecule has 0 aliphatic heterocycles. The first-order valence-electron chi connectivity index (χ1n) is 5.90. The van der Waals surface area contributed by atoms with Gasteiger partial charge in [0.25, 0.3) is 5.91 Å². The van der Waals surface area contributed by atoms with Crippen molar-refractivity contribution in [3.05, 3.63) is 34.9 Å². The number of carbonyl (C=O) groups is 1. The first-order valence-corrected chi connectivity index (χ1v) is 6.30. The first-order chi connectivity index (χ1) is 8.19. The number of amides is 1. The van der Waals surface area contributed by atoms with E-state index >= 15 is 0 Å². The molecule has 0 saturated carbocycles. The van der Waals surface area contributed by atoms with Crippen molar-refractivity contribution in [3.8, 4) is 0 Å². The molecule has 18 heavy (non-hydrogen) atoms. The van der Waals surface area contributed by atoms with Gasteiger partial charge in [-0.3, -0.25) is 10.1 Å². The van der Waals surface area contributed by atoms with Crippen molar-refractivity contribution in [1.29, 1.82) is 0 Å². The monoisotopic (exact) mass is 264 g/mol. The van der Waals surface area contributed by atoms with Crippen LogP contribution in [0.2, 0.25) is 0 Å². The third-order valence-electron chi connectivity index (χ3n) is 2.48. The van der Waals surface area contributed by atoms with Crippen LogP contribution in [0, 0.1) is 13.8 Å². The van der Waals surface area contributed by atoms with E-state index < -0.39 is 0 Å². The van der Waals surface area contributed by atoms with Crippen molar-refractivity contribution < 1.29 is 4.79 Å². The van der Waals surface area contributed by atoms with Crippen LogP contribution in [-0.2, 0) is 0 Å². The maximum absolute atomic E-state index is 12.0. The van der Waals surface area contributed by atoms with E-state index in [9.17, 15) is 4.79 Å². The SMILES string of the molecule is Cc1ccc(C(=O)NC(=S)NC(C)(C)C)cc1C. The predicted molar refractivity (Wildman–Crippen MR) is 78.9 cm³/mol. The molecule has 0 unspecified atom stereocenters. The van der Waals surface area contributed by atoms with E-state index in [-0.39, 0.29) is 11.4 Å². The number of thiocarbonyl (C=S) groups is 1. The summed E-state index contributed by atoms with van der Waals surface area (Å²) in [5.74, 6) is -0.181. The zero-order valence-electron chi connectivity index (χ0n) is 11.5. The summed E-state index contributed by atoms with van der Waals surface area (Å²) in [6.07, 6.45) is 0. The van der Waals surface area contributed by atoms with Gasteiger partial charge in [-0.2, -0.15) is 0 Å². The summed E-state index contributed by atoms with van der Waals surface area (Å²) in [6.45, 7) is 9.96. The van der Waals surface area contributed by atoms with Gasteiger partial charge in [-0.1, -0.05) is 6.07 Å². The molecule has 2 N–H and O–H groups in total. The molecule has 3 nitrogen and oxygen atoms in total. The number of carbonyl (C=O) groups excluding carboxylic acids is 1. The Morgan fingerprint density at radius 1 is 1.17 bits per heavy atom. The zero-order valence-corrected chi connectivity index (χ0v) is 12.4. The Balaban J connectivity index is 2.71. The lowest BCUT2D eigenvalue weighted by Gasteiger charge is -2.22. The van der Waals surface area contributed by atoms with Crippen LogP contribution in [0.25, 0.3) is 0 Å². The average Bonchev–Trinajstić information content (AvgIpc) is 2.18. The Kier molecular flexibility index (Phi) is 4.46. The first kappa shape index (κ1) is 14.6. The Hall–Kier alpha value is -1.42. The molecule has 1 rings (SSSR count). The van der Waals surface area contributed by atoms with Gasteiger partial charge in [0.1, 0.15) is 0 Å². The number of hydrogen-bond donors (Lipinski definition) is 2. The molecule has 0 heterocycles. The summed E-state index contributed by atoms with van der Waals surface area (Å²) >= 11 is 5.09. The van der Waals surface area contributed by atoms with Crippen LogP contribution in [0.5, 0.6) is 0 Å². The van der Waals surface area contributed by atoms with Gasteiger partial charge in [0.15, 0.2) is 5.11 Å². The van der Waals surface area contributed by atoms with E-state index in [1.165, 1.54) is 5.56 Å². The summed E-state index contributed by atoms with van der Waals surface area (Å²) in [5.41, 5.74) is 2.73. The highest BCUT2D eigenvalue weighted by Gasteiger charge is 2.14. The van der Waals surface area contributed by atoms with Crippen LogP contribution < -0.4 is 10.6 Å². The van der Waals surface area contributed by atoms with E-state index in [1.807, 2.05) is 46.8 Å². The number of rotatable bonds is 1. The molecule has 0 fully saturated rings. The van der Waals surface area contributed by atoms with Crippen LogP contribution in [0.3, 0.4) is 0 Å². The van der Waals surface area contributed by atoms with Crippen molar-refractivity contribution in [3.63, 3.8) is 0 Å². The number of aryl methyl sites for hydroxylation is 2. The van der Waals surface area contributed by atoms with E-state index in [0.29, 0.717) is 10.7 Å². The van der Waals surface area contributed by atoms with Gasteiger partial charge >= 0.3 is 0 Å². The van der Waals surface area contributed by atoms with Crippen LogP contribution in [0.15, 0.2) is 18.2 Å². The maximum Gasteiger partial charge on any atom is 0.257 e. The lowest BCUT2D eigenvalue weighted by Crippen LogP contribution is -2.48. The molecule has 1 amide bonds. The molecule has 98 valence electrons. The molecule has 0 aliphatic carbocycles. The quantitative estimate of drug-likeness (QED) is 0.766. The van der Waals surface area contributed by atoms with Crippen LogP contribution in [-0.4, -0.2) is 16.6 Å². The molecule has 4 heteroatoms. The van der Waals surface area contributed by atoms with Crippen molar-refractivity contribution in [2.45, 2.75) is 40.2 Å². The van der Waals surface area contributed by atoms with Crippen molar-refractivity contribution in [1.82, 2.24) is 10.6 Å². The minimum atomic E-state index is -0.181. The Morgan fingerprint density at radius 2 is 1.78 bits per heavy atom. The number of nitrogens with one attached hydrogen (secondary N) is 2. The molecule has 0 aliphatic rings. The second kappa shape index (κ2) is 5.48. The van der Waals surface area contributed by atoms with E-state index in [0.717, 1.165) is 5.56 Å². The van der Waals surface area contributed by atoms with Crippen molar-refractivity contribution in [2.75, 3.05) is 0 Å². The third-order valence-corrected chi connectivity index (χ3v) is 2.69. The summed E-state index contributed by atoms with van der Waals surface area (Å²) < 4.78 is 0. The second-order valence-electron chi connectivity index (χ2n) is 5.46. The van der Waals surface area contributed by atoms with Gasteiger partial charge in [-0.15, -0.1) is 0 Å². The number of hydrogen-bond acceptors (Lipinski definition) is 2. The summed E-state index contributed by atoms with van der Waals surface area (Å²) in [5, 5.41) is 6.08. The minimum Gasteiger partial charge on any atom is -0.358 e. The fourth-order valence-electron chi connectivity index (χ4n) is 1.43. The third kappa shape index (κ3) is 4.45. The predicted octanol–water partition coefficient (Wildman–Crippen LogP) is 2.71. The second-order valence-corrected chi connectivity index (χ2v) is 5.87. The molecule has 0 saturated heterocycles. The maximum atomic E-state index is 12.0. The Labute approximate surface area is 114 Å². The van der Waals surface area contributed by atoms with Crippen LogP contribution in [0.4, 0.5) is 0 Å². The lowest BCUT2D eigenvalue weighted by atomic mass is 10.1. The summed E-state index contributed by atoms with van der Waals surface area (Å²) in [6, 6.07) is 5.60. The normalized spacial score (nSPS) is 10.9. The van der Waals surface area contributed by atoms with E-state index in [2.05, 4.69) is 10.6 Å². The standard InChI is InChI=1S/C14H20N2OS/c1-9-6-7-11(8-10(9)2)12(17)15-13(18)16-14(3,4)5/h6-8H,1-5H3,(H2,15,16,17,18). The van der Waals surface area contributed by atoms with Gasteiger partial charge in [0.2, 0.25) is 0 Å².